The van der Waals surface area contributed by atoms with Crippen LogP contribution in [-0.2, 0) is 0 Å². The van der Waals surface area contributed by atoms with Gasteiger partial charge in [0.15, 0.2) is 0 Å². The van der Waals surface area contributed by atoms with Gasteiger partial charge in [-0.1, -0.05) is 6.92 Å². The summed E-state index contributed by atoms with van der Waals surface area (Å²) < 4.78 is 0. The van der Waals surface area contributed by atoms with Crippen molar-refractivity contribution in [3.63, 3.8) is 0 Å². The molecule has 1 heterocycles. The van der Waals surface area contributed by atoms with E-state index in [2.05, 4.69) is 31.4 Å². The molecule has 0 aromatic carbocycles. The van der Waals surface area contributed by atoms with E-state index in [1.54, 1.807) is 0 Å². The number of nitrogens with one attached hydrogen (secondary N) is 2. The van der Waals surface area contributed by atoms with Gasteiger partial charge in [0.2, 0.25) is 0 Å². The molecule has 1 rings (SSSR count). The van der Waals surface area contributed by atoms with Crippen LogP contribution in [0.5, 0.6) is 0 Å². The first-order valence-corrected chi connectivity index (χ1v) is 4.12. The minimum absolute atomic E-state index is 0.297. The lowest BCUT2D eigenvalue weighted by molar-refractivity contribution is 0.269. The van der Waals surface area contributed by atoms with Crippen LogP contribution in [0.15, 0.2) is 0 Å². The molecule has 1 fully saturated rings. The van der Waals surface area contributed by atoms with Gasteiger partial charge in [0.05, 0.1) is 0 Å². The zero-order valence-corrected chi connectivity index (χ0v) is 7.20. The quantitative estimate of drug-likeness (QED) is 0.564. The summed E-state index contributed by atoms with van der Waals surface area (Å²) in [6.07, 6.45) is 1.23. The van der Waals surface area contributed by atoms with E-state index in [1.807, 2.05) is 0 Å². The Kier molecular flexibility index (Phi) is 2.32. The molecule has 1 atom stereocenters. The molecule has 0 radical (unpaired) electrons. The van der Waals surface area contributed by atoms with Crippen molar-refractivity contribution in [3.8, 4) is 0 Å². The summed E-state index contributed by atoms with van der Waals surface area (Å²) in [4.78, 5) is 0. The van der Waals surface area contributed by atoms with Crippen molar-refractivity contribution in [3.05, 3.63) is 0 Å². The van der Waals surface area contributed by atoms with E-state index in [0.29, 0.717) is 11.6 Å². The van der Waals surface area contributed by atoms with Crippen LogP contribution in [0.2, 0.25) is 0 Å². The Hall–Kier alpha value is -0.0800. The maximum Gasteiger partial charge on any atom is 0.0250 e. The van der Waals surface area contributed by atoms with Crippen LogP contribution in [-0.4, -0.2) is 24.7 Å². The molecule has 1 aliphatic rings. The third-order valence-corrected chi connectivity index (χ3v) is 2.15. The maximum atomic E-state index is 3.50. The molecule has 0 aliphatic carbocycles. The van der Waals surface area contributed by atoms with Gasteiger partial charge in [-0.05, 0) is 20.3 Å². The summed E-state index contributed by atoms with van der Waals surface area (Å²) in [5, 5.41) is 6.99. The molecule has 0 saturated carbocycles. The second-order valence-corrected chi connectivity index (χ2v) is 3.75. The summed E-state index contributed by atoms with van der Waals surface area (Å²) in [6.45, 7) is 8.88. The fourth-order valence-electron chi connectivity index (χ4n) is 1.22. The predicted molar refractivity (Wildman–Crippen MR) is 44.2 cm³/mol. The zero-order valence-electron chi connectivity index (χ0n) is 7.20. The molecule has 1 unspecified atom stereocenters. The first kappa shape index (κ1) is 8.02. The molecule has 60 valence electrons. The fraction of sp³-hybridized carbons (Fsp3) is 1.00. The maximum absolute atomic E-state index is 3.50. The molecule has 0 aromatic heterocycles. The van der Waals surface area contributed by atoms with Crippen molar-refractivity contribution in [2.75, 3.05) is 13.1 Å². The summed E-state index contributed by atoms with van der Waals surface area (Å²) in [7, 11) is 0. The van der Waals surface area contributed by atoms with Gasteiger partial charge in [-0.25, -0.2) is 0 Å². The third kappa shape index (κ3) is 1.96. The van der Waals surface area contributed by atoms with Crippen LogP contribution in [0, 0.1) is 0 Å². The van der Waals surface area contributed by atoms with Crippen LogP contribution in [0.25, 0.3) is 0 Å². The number of piperazine rings is 1. The van der Waals surface area contributed by atoms with E-state index in [-0.39, 0.29) is 0 Å². The van der Waals surface area contributed by atoms with Crippen molar-refractivity contribution < 1.29 is 0 Å². The highest BCUT2D eigenvalue weighted by Gasteiger charge is 2.23. The second kappa shape index (κ2) is 2.89. The first-order chi connectivity index (χ1) is 4.64. The largest absolute Gasteiger partial charge is 0.311 e. The molecule has 2 nitrogen and oxygen atoms in total. The lowest BCUT2D eigenvalue weighted by Gasteiger charge is -2.36. The number of rotatable bonds is 1. The van der Waals surface area contributed by atoms with Crippen LogP contribution >= 0.6 is 0 Å². The summed E-state index contributed by atoms with van der Waals surface area (Å²) in [6, 6.07) is 0.688. The van der Waals surface area contributed by atoms with Crippen LogP contribution in [0.4, 0.5) is 0 Å². The highest BCUT2D eigenvalue weighted by Crippen LogP contribution is 2.06. The second-order valence-electron chi connectivity index (χ2n) is 3.75. The van der Waals surface area contributed by atoms with Crippen molar-refractivity contribution in [1.82, 2.24) is 10.6 Å². The molecular formula is C8H18N2. The van der Waals surface area contributed by atoms with Gasteiger partial charge in [0, 0.05) is 24.7 Å². The van der Waals surface area contributed by atoms with E-state index in [9.17, 15) is 0 Å². The van der Waals surface area contributed by atoms with Gasteiger partial charge in [0.1, 0.15) is 0 Å². The van der Waals surface area contributed by atoms with E-state index >= 15 is 0 Å². The van der Waals surface area contributed by atoms with E-state index < -0.39 is 0 Å². The minimum Gasteiger partial charge on any atom is -0.311 e. The average molecular weight is 142 g/mol. The molecule has 2 heteroatoms. The highest BCUT2D eigenvalue weighted by atomic mass is 15.1. The molecular weight excluding hydrogens is 124 g/mol. The Balaban J connectivity index is 2.31. The van der Waals surface area contributed by atoms with Gasteiger partial charge < -0.3 is 10.6 Å². The first-order valence-electron chi connectivity index (χ1n) is 4.12. The molecule has 2 N–H and O–H groups in total. The van der Waals surface area contributed by atoms with Crippen molar-refractivity contribution in [2.24, 2.45) is 0 Å². The average Bonchev–Trinajstić information content (AvgIpc) is 1.88. The Morgan fingerprint density at radius 3 is 2.60 bits per heavy atom. The molecule has 0 amide bonds. The van der Waals surface area contributed by atoms with Gasteiger partial charge in [-0.15, -0.1) is 0 Å². The van der Waals surface area contributed by atoms with Crippen molar-refractivity contribution >= 4 is 0 Å². The van der Waals surface area contributed by atoms with Crippen molar-refractivity contribution in [1.29, 1.82) is 0 Å². The SMILES string of the molecule is CCC1CNC(C)(C)CN1. The van der Waals surface area contributed by atoms with E-state index in [0.717, 1.165) is 13.1 Å². The molecule has 0 spiro atoms. The topological polar surface area (TPSA) is 24.1 Å². The monoisotopic (exact) mass is 142 g/mol. The fourth-order valence-corrected chi connectivity index (χ4v) is 1.22. The number of hydrogen-bond acceptors (Lipinski definition) is 2. The Morgan fingerprint density at radius 2 is 2.20 bits per heavy atom. The van der Waals surface area contributed by atoms with Gasteiger partial charge in [0.25, 0.3) is 0 Å². The molecule has 10 heavy (non-hydrogen) atoms. The summed E-state index contributed by atoms with van der Waals surface area (Å²) in [5.41, 5.74) is 0.297. The standard InChI is InChI=1S/C8H18N2/c1-4-7-5-10-8(2,3)6-9-7/h7,9-10H,4-6H2,1-3H3. The normalized spacial score (nSPS) is 32.1. The smallest absolute Gasteiger partial charge is 0.0250 e. The van der Waals surface area contributed by atoms with Crippen molar-refractivity contribution in [2.45, 2.75) is 38.8 Å². The third-order valence-electron chi connectivity index (χ3n) is 2.15. The zero-order chi connectivity index (χ0) is 7.61. The summed E-state index contributed by atoms with van der Waals surface area (Å²) in [5.74, 6) is 0. The minimum atomic E-state index is 0.297. The summed E-state index contributed by atoms with van der Waals surface area (Å²) >= 11 is 0. The lowest BCUT2D eigenvalue weighted by atomic mass is 10.0. The molecule has 1 saturated heterocycles. The Bertz CT molecular complexity index is 99.8. The van der Waals surface area contributed by atoms with E-state index in [4.69, 9.17) is 0 Å². The lowest BCUT2D eigenvalue weighted by Crippen LogP contribution is -2.59. The van der Waals surface area contributed by atoms with Crippen LogP contribution < -0.4 is 10.6 Å². The molecule has 0 aromatic rings. The van der Waals surface area contributed by atoms with Crippen LogP contribution in [0.1, 0.15) is 27.2 Å². The Labute approximate surface area is 63.4 Å². The molecule has 1 aliphatic heterocycles. The van der Waals surface area contributed by atoms with E-state index in [1.165, 1.54) is 6.42 Å². The molecule has 0 bridgehead atoms. The van der Waals surface area contributed by atoms with Crippen LogP contribution in [0.3, 0.4) is 0 Å². The van der Waals surface area contributed by atoms with Gasteiger partial charge >= 0.3 is 0 Å². The Morgan fingerprint density at radius 1 is 1.50 bits per heavy atom. The number of hydrogen-bond donors (Lipinski definition) is 2. The highest BCUT2D eigenvalue weighted by molar-refractivity contribution is 4.88. The van der Waals surface area contributed by atoms with Gasteiger partial charge in [-0.2, -0.15) is 0 Å². The van der Waals surface area contributed by atoms with Gasteiger partial charge in [-0.3, -0.25) is 0 Å². The predicted octanol–water partition coefficient (Wildman–Crippen LogP) is 0.736.